The summed E-state index contributed by atoms with van der Waals surface area (Å²) < 4.78 is 0. The van der Waals surface area contributed by atoms with Crippen LogP contribution in [0.4, 0.5) is 5.69 Å². The van der Waals surface area contributed by atoms with Crippen molar-refractivity contribution in [1.82, 2.24) is 9.80 Å². The number of nitrogens with one attached hydrogen (secondary N) is 1. The van der Waals surface area contributed by atoms with E-state index in [2.05, 4.69) is 34.5 Å². The normalized spacial score (nSPS) is 22.9. The number of carbonyl (C=O) groups excluding carboxylic acids is 1. The highest BCUT2D eigenvalue weighted by molar-refractivity contribution is 5.86. The molecule has 1 saturated heterocycles. The summed E-state index contributed by atoms with van der Waals surface area (Å²) in [5.74, 6) is 0.128. The van der Waals surface area contributed by atoms with Crippen molar-refractivity contribution in [3.8, 4) is 0 Å². The van der Waals surface area contributed by atoms with E-state index in [1.165, 1.54) is 5.56 Å². The van der Waals surface area contributed by atoms with Crippen LogP contribution < -0.4 is 5.32 Å². The number of nitrogens with zero attached hydrogens (tertiary/aromatic N) is 2. The number of likely N-dealkylation sites (N-methyl/N-ethyl adjacent to an activating group) is 1. The van der Waals surface area contributed by atoms with Crippen molar-refractivity contribution in [3.63, 3.8) is 0 Å². The first-order chi connectivity index (χ1) is 13.6. The van der Waals surface area contributed by atoms with E-state index in [1.807, 2.05) is 42.3 Å². The number of amides is 1. The molecule has 1 amide bonds. The lowest BCUT2D eigenvalue weighted by Crippen LogP contribution is -2.46. The number of para-hydroxylation sites is 1. The second-order valence-electron chi connectivity index (χ2n) is 7.97. The fourth-order valence-electron chi connectivity index (χ4n) is 4.37. The average molecular weight is 380 g/mol. The lowest BCUT2D eigenvalue weighted by molar-refractivity contribution is -0.133. The number of likely N-dealkylation sites (tertiary alicyclic amines) is 1. The number of hydrogen-bond acceptors (Lipinski definition) is 4. The van der Waals surface area contributed by atoms with Gasteiger partial charge in [0.05, 0.1) is 12.1 Å². The molecule has 4 rings (SSSR count). The quantitative estimate of drug-likeness (QED) is 0.839. The Bertz CT molecular complexity index is 811. The molecule has 5 heteroatoms. The van der Waals surface area contributed by atoms with Crippen molar-refractivity contribution in [3.05, 3.63) is 65.7 Å². The summed E-state index contributed by atoms with van der Waals surface area (Å²) in [5.41, 5.74) is 3.48. The van der Waals surface area contributed by atoms with Crippen molar-refractivity contribution in [1.29, 1.82) is 0 Å². The Hall–Kier alpha value is -2.37. The Morgan fingerprint density at radius 1 is 1.18 bits per heavy atom. The number of fused-ring (bicyclic) bond motifs is 1. The topological polar surface area (TPSA) is 55.8 Å². The molecule has 3 atom stereocenters. The van der Waals surface area contributed by atoms with Crippen molar-refractivity contribution in [2.75, 3.05) is 32.0 Å². The zero-order valence-electron chi connectivity index (χ0n) is 16.4. The second kappa shape index (κ2) is 8.33. The zero-order chi connectivity index (χ0) is 19.5. The van der Waals surface area contributed by atoms with Crippen molar-refractivity contribution in [2.45, 2.75) is 37.5 Å². The Labute approximate surface area is 167 Å². The smallest absolute Gasteiger partial charge is 0.245 e. The fourth-order valence-corrected chi connectivity index (χ4v) is 4.37. The molecule has 28 heavy (non-hydrogen) atoms. The number of aliphatic hydroxyl groups excluding tert-OH is 1. The maximum atomic E-state index is 13.4. The summed E-state index contributed by atoms with van der Waals surface area (Å²) in [6, 6.07) is 18.2. The molecule has 1 fully saturated rings. The fraction of sp³-hybridized carbons (Fsp3) is 0.435. The van der Waals surface area contributed by atoms with Crippen LogP contribution in [0, 0.1) is 0 Å². The maximum absolute atomic E-state index is 13.4. The van der Waals surface area contributed by atoms with E-state index in [4.69, 9.17) is 0 Å². The van der Waals surface area contributed by atoms with Gasteiger partial charge in [0.1, 0.15) is 6.04 Å². The first kappa shape index (κ1) is 19.0. The van der Waals surface area contributed by atoms with Crippen LogP contribution >= 0.6 is 0 Å². The summed E-state index contributed by atoms with van der Waals surface area (Å²) in [6.45, 7) is 2.30. The minimum atomic E-state index is -0.256. The van der Waals surface area contributed by atoms with Gasteiger partial charge in [-0.3, -0.25) is 9.69 Å². The predicted octanol–water partition coefficient (Wildman–Crippen LogP) is 2.68. The number of aryl methyl sites for hydroxylation is 1. The number of aliphatic hydroxyl groups is 1. The number of benzene rings is 2. The zero-order valence-corrected chi connectivity index (χ0v) is 16.4. The van der Waals surface area contributed by atoms with E-state index in [1.54, 1.807) is 0 Å². The van der Waals surface area contributed by atoms with E-state index in [0.717, 1.165) is 43.6 Å². The number of anilines is 1. The summed E-state index contributed by atoms with van der Waals surface area (Å²) in [7, 11) is 1.91. The van der Waals surface area contributed by atoms with Gasteiger partial charge in [0.25, 0.3) is 0 Å². The highest BCUT2D eigenvalue weighted by atomic mass is 16.3. The molecule has 2 N–H and O–H groups in total. The highest BCUT2D eigenvalue weighted by Crippen LogP contribution is 2.28. The number of β-amino-alcohol motifs (C(OH)–C–C–N with tert-alkyl or cyclic N) is 1. The Morgan fingerprint density at radius 2 is 1.93 bits per heavy atom. The second-order valence-corrected chi connectivity index (χ2v) is 7.97. The average Bonchev–Trinajstić information content (AvgIpc) is 3.16. The van der Waals surface area contributed by atoms with Gasteiger partial charge < -0.3 is 15.3 Å². The van der Waals surface area contributed by atoms with Crippen LogP contribution in [0.5, 0.6) is 0 Å². The molecule has 0 bridgehead atoms. The van der Waals surface area contributed by atoms with Crippen LogP contribution in [0.2, 0.25) is 0 Å². The van der Waals surface area contributed by atoms with Crippen LogP contribution in [0.25, 0.3) is 0 Å². The van der Waals surface area contributed by atoms with Crippen LogP contribution in [0.1, 0.15) is 30.0 Å². The monoisotopic (exact) mass is 379 g/mol. The van der Waals surface area contributed by atoms with Gasteiger partial charge in [-0.25, -0.2) is 0 Å². The molecule has 3 unspecified atom stereocenters. The summed E-state index contributed by atoms with van der Waals surface area (Å²) in [4.78, 5) is 17.5. The Balaban J connectivity index is 1.51. The molecule has 2 heterocycles. The molecule has 2 aromatic carbocycles. The lowest BCUT2D eigenvalue weighted by atomic mass is 9.96. The number of carbonyl (C=O) groups is 1. The molecule has 5 nitrogen and oxygen atoms in total. The molecule has 0 aromatic heterocycles. The van der Waals surface area contributed by atoms with E-state index < -0.39 is 0 Å². The van der Waals surface area contributed by atoms with E-state index in [-0.39, 0.29) is 24.1 Å². The lowest BCUT2D eigenvalue weighted by Gasteiger charge is -2.36. The molecule has 2 aromatic rings. The first-order valence-electron chi connectivity index (χ1n) is 10.2. The van der Waals surface area contributed by atoms with Gasteiger partial charge >= 0.3 is 0 Å². The standard InChI is InChI=1S/C23H29N3O2/c1-25(23(28)21-12-11-17-7-5-6-10-20(17)24-21)22(18-8-3-2-4-9-18)16-26-14-13-19(27)15-26/h2-10,19,21-22,24,27H,11-16H2,1H3. The van der Waals surface area contributed by atoms with Gasteiger partial charge in [0.2, 0.25) is 5.91 Å². The Morgan fingerprint density at radius 3 is 2.68 bits per heavy atom. The molecule has 0 aliphatic carbocycles. The van der Waals surface area contributed by atoms with Crippen LogP contribution in [0.15, 0.2) is 54.6 Å². The van der Waals surface area contributed by atoms with Gasteiger partial charge in [-0.15, -0.1) is 0 Å². The van der Waals surface area contributed by atoms with Gasteiger partial charge in [-0.1, -0.05) is 48.5 Å². The van der Waals surface area contributed by atoms with E-state index in [9.17, 15) is 9.90 Å². The molecular weight excluding hydrogens is 350 g/mol. The third kappa shape index (κ3) is 4.05. The Kier molecular flexibility index (Phi) is 5.64. The van der Waals surface area contributed by atoms with E-state index in [0.29, 0.717) is 6.54 Å². The highest BCUT2D eigenvalue weighted by Gasteiger charge is 2.32. The van der Waals surface area contributed by atoms with Gasteiger partial charge in [0.15, 0.2) is 0 Å². The minimum Gasteiger partial charge on any atom is -0.392 e. The molecule has 0 saturated carbocycles. The van der Waals surface area contributed by atoms with E-state index >= 15 is 0 Å². The molecule has 148 valence electrons. The van der Waals surface area contributed by atoms with Gasteiger partial charge in [-0.2, -0.15) is 0 Å². The largest absolute Gasteiger partial charge is 0.392 e. The number of hydrogen-bond donors (Lipinski definition) is 2. The minimum absolute atomic E-state index is 0.0297. The number of rotatable bonds is 5. The van der Waals surface area contributed by atoms with Crippen LogP contribution in [0.3, 0.4) is 0 Å². The molecule has 2 aliphatic rings. The van der Waals surface area contributed by atoms with Gasteiger partial charge in [0, 0.05) is 32.4 Å². The predicted molar refractivity (Wildman–Crippen MR) is 111 cm³/mol. The molecule has 2 aliphatic heterocycles. The molecule has 0 spiro atoms. The first-order valence-corrected chi connectivity index (χ1v) is 10.2. The van der Waals surface area contributed by atoms with Crippen LogP contribution in [-0.4, -0.2) is 59.6 Å². The van der Waals surface area contributed by atoms with Crippen molar-refractivity contribution in [2.24, 2.45) is 0 Å². The third-order valence-corrected chi connectivity index (χ3v) is 6.03. The van der Waals surface area contributed by atoms with Gasteiger partial charge in [-0.05, 0) is 36.5 Å². The summed E-state index contributed by atoms with van der Waals surface area (Å²) in [6.07, 6.45) is 2.28. The third-order valence-electron chi connectivity index (χ3n) is 6.03. The van der Waals surface area contributed by atoms with Crippen LogP contribution in [-0.2, 0) is 11.2 Å². The summed E-state index contributed by atoms with van der Waals surface area (Å²) in [5, 5.41) is 13.3. The maximum Gasteiger partial charge on any atom is 0.245 e. The van der Waals surface area contributed by atoms with Crippen molar-refractivity contribution < 1.29 is 9.90 Å². The molecule has 0 radical (unpaired) electrons. The van der Waals surface area contributed by atoms with Crippen molar-refractivity contribution >= 4 is 11.6 Å². The molecular formula is C23H29N3O2. The SMILES string of the molecule is CN(C(=O)C1CCc2ccccc2N1)C(CN1CCC(O)C1)c1ccccc1. The summed E-state index contributed by atoms with van der Waals surface area (Å²) >= 11 is 0.